The molecule has 2 unspecified atom stereocenters. The van der Waals surface area contributed by atoms with Gasteiger partial charge in [0, 0.05) is 19.1 Å². The zero-order chi connectivity index (χ0) is 25.4. The number of esters is 1. The van der Waals surface area contributed by atoms with E-state index in [-0.39, 0.29) is 5.92 Å². The van der Waals surface area contributed by atoms with E-state index in [0.29, 0.717) is 36.5 Å². The minimum absolute atomic E-state index is 0.183. The Morgan fingerprint density at radius 3 is 2.81 bits per heavy atom. The van der Waals surface area contributed by atoms with E-state index in [9.17, 15) is 10.1 Å². The Labute approximate surface area is 212 Å². The van der Waals surface area contributed by atoms with Crippen molar-refractivity contribution in [2.24, 2.45) is 5.92 Å². The molecule has 8 heteroatoms. The summed E-state index contributed by atoms with van der Waals surface area (Å²) < 4.78 is 7.24. The summed E-state index contributed by atoms with van der Waals surface area (Å²) in [6, 6.07) is 12.9. The molecule has 2 atom stereocenters. The van der Waals surface area contributed by atoms with Gasteiger partial charge in [-0.1, -0.05) is 26.0 Å². The maximum Gasteiger partial charge on any atom is 0.357 e. The van der Waals surface area contributed by atoms with Crippen LogP contribution in [0.3, 0.4) is 0 Å². The molecule has 0 aliphatic carbocycles. The largest absolute Gasteiger partial charge is 0.461 e. The lowest BCUT2D eigenvalue weighted by Crippen LogP contribution is -2.46. The minimum Gasteiger partial charge on any atom is -0.461 e. The van der Waals surface area contributed by atoms with Crippen molar-refractivity contribution in [1.82, 2.24) is 19.7 Å². The first-order valence-corrected chi connectivity index (χ1v) is 12.9. The molecule has 8 nitrogen and oxygen atoms in total. The van der Waals surface area contributed by atoms with Crippen molar-refractivity contribution in [3.8, 4) is 11.8 Å². The van der Waals surface area contributed by atoms with Gasteiger partial charge in [-0.3, -0.25) is 4.90 Å². The lowest BCUT2D eigenvalue weighted by molar-refractivity contribution is 0.0520. The molecule has 188 valence electrons. The summed E-state index contributed by atoms with van der Waals surface area (Å²) in [7, 11) is 0. The highest BCUT2D eigenvalue weighted by Gasteiger charge is 2.39. The van der Waals surface area contributed by atoms with Crippen LogP contribution in [0, 0.1) is 24.2 Å². The molecule has 0 N–H and O–H groups in total. The van der Waals surface area contributed by atoms with E-state index in [1.54, 1.807) is 0 Å². The minimum atomic E-state index is -0.417. The smallest absolute Gasteiger partial charge is 0.357 e. The normalized spacial score (nSPS) is 20.1. The van der Waals surface area contributed by atoms with Gasteiger partial charge in [0.2, 0.25) is 0 Å². The molecule has 0 bridgehead atoms. The number of nitriles is 1. The van der Waals surface area contributed by atoms with E-state index in [1.165, 1.54) is 0 Å². The van der Waals surface area contributed by atoms with E-state index in [0.717, 1.165) is 60.5 Å². The van der Waals surface area contributed by atoms with E-state index in [4.69, 9.17) is 14.8 Å². The number of rotatable bonds is 6. The van der Waals surface area contributed by atoms with E-state index >= 15 is 0 Å². The number of nitrogens with zero attached hydrogens (tertiary/aromatic N) is 6. The maximum atomic E-state index is 12.9. The molecule has 0 amide bonds. The molecule has 4 heterocycles. The van der Waals surface area contributed by atoms with E-state index in [1.807, 2.05) is 29.8 Å². The van der Waals surface area contributed by atoms with Crippen LogP contribution in [0.15, 0.2) is 30.3 Å². The van der Waals surface area contributed by atoms with Crippen molar-refractivity contribution in [2.45, 2.75) is 52.5 Å². The molecular formula is C28H34N6O2. The van der Waals surface area contributed by atoms with Gasteiger partial charge in [-0.15, -0.1) is 0 Å². The predicted octanol–water partition coefficient (Wildman–Crippen LogP) is 4.45. The van der Waals surface area contributed by atoms with Crippen molar-refractivity contribution in [1.29, 1.82) is 5.26 Å². The Kier molecular flexibility index (Phi) is 6.67. The quantitative estimate of drug-likeness (QED) is 0.376. The Balaban J connectivity index is 1.65. The molecule has 2 aromatic heterocycles. The topological polar surface area (TPSA) is 87.3 Å². The van der Waals surface area contributed by atoms with Crippen LogP contribution in [0.25, 0.3) is 16.7 Å². The summed E-state index contributed by atoms with van der Waals surface area (Å²) in [5, 5.41) is 15.3. The summed E-state index contributed by atoms with van der Waals surface area (Å²) in [5.41, 5.74) is 5.03. The van der Waals surface area contributed by atoms with E-state index < -0.39 is 5.97 Å². The molecule has 5 rings (SSSR count). The highest BCUT2D eigenvalue weighted by molar-refractivity contribution is 5.99. The number of fused-ring (bicyclic) bond motifs is 2. The zero-order valence-electron chi connectivity index (χ0n) is 21.6. The van der Waals surface area contributed by atoms with Gasteiger partial charge in [0.15, 0.2) is 11.3 Å². The molecule has 2 saturated heterocycles. The second-order valence-corrected chi connectivity index (χ2v) is 10.2. The summed E-state index contributed by atoms with van der Waals surface area (Å²) in [6.07, 6.45) is 2.08. The van der Waals surface area contributed by atoms with Gasteiger partial charge in [-0.25, -0.2) is 14.5 Å². The summed E-state index contributed by atoms with van der Waals surface area (Å²) >= 11 is 0. The SMILES string of the molecule is CCOC(=O)c1cc(N2CCC3C(CCN3CC#N)C2)c2c(C(C)C)nn(-c3cccc(C)c3)c2n1. The second-order valence-electron chi connectivity index (χ2n) is 10.2. The first-order chi connectivity index (χ1) is 17.4. The summed E-state index contributed by atoms with van der Waals surface area (Å²) in [5.74, 6) is 0.262. The second kappa shape index (κ2) is 9.90. The Bertz CT molecular complexity index is 1320. The number of aryl methyl sites for hydroxylation is 1. The first kappa shape index (κ1) is 24.3. The van der Waals surface area contributed by atoms with E-state index in [2.05, 4.69) is 48.8 Å². The van der Waals surface area contributed by atoms with Gasteiger partial charge >= 0.3 is 5.97 Å². The van der Waals surface area contributed by atoms with Crippen molar-refractivity contribution in [3.05, 3.63) is 47.3 Å². The standard InChI is InChI=1S/C28H34N6O2/c1-5-36-28(35)22-16-24(33-13-10-23-20(17-33)9-12-32(23)14-11-29)25-26(18(2)3)31-34(27(25)30-22)21-8-6-7-19(4)15-21/h6-8,15-16,18,20,23H,5,9-10,12-14,17H2,1-4H3. The van der Waals surface area contributed by atoms with Crippen molar-refractivity contribution >= 4 is 22.7 Å². The molecule has 0 saturated carbocycles. The fourth-order valence-electron chi connectivity index (χ4n) is 5.81. The first-order valence-electron chi connectivity index (χ1n) is 12.9. The van der Waals surface area contributed by atoms with Gasteiger partial charge in [0.05, 0.1) is 41.7 Å². The Morgan fingerprint density at radius 1 is 1.25 bits per heavy atom. The molecule has 0 radical (unpaired) electrons. The third-order valence-electron chi connectivity index (χ3n) is 7.49. The number of likely N-dealkylation sites (tertiary alicyclic amines) is 1. The summed E-state index contributed by atoms with van der Waals surface area (Å²) in [6.45, 7) is 11.7. The number of hydrogen-bond donors (Lipinski definition) is 0. The molecular weight excluding hydrogens is 452 g/mol. The van der Waals surface area contributed by atoms with Crippen molar-refractivity contribution < 1.29 is 9.53 Å². The van der Waals surface area contributed by atoms with Crippen LogP contribution in [0.1, 0.15) is 61.3 Å². The van der Waals surface area contributed by atoms with Crippen molar-refractivity contribution in [3.63, 3.8) is 0 Å². The number of hydrogen-bond acceptors (Lipinski definition) is 7. The molecule has 3 aromatic rings. The fraction of sp³-hybridized carbons (Fsp3) is 0.500. The number of aromatic nitrogens is 3. The molecule has 36 heavy (non-hydrogen) atoms. The average Bonchev–Trinajstić information content (AvgIpc) is 3.45. The molecule has 2 fully saturated rings. The van der Waals surface area contributed by atoms with Crippen molar-refractivity contribution in [2.75, 3.05) is 37.7 Å². The number of anilines is 1. The number of ether oxygens (including phenoxy) is 1. The number of carbonyl (C=O) groups is 1. The molecule has 0 spiro atoms. The average molecular weight is 487 g/mol. The van der Waals surface area contributed by atoms with Crippen LogP contribution in [0.5, 0.6) is 0 Å². The Hall–Kier alpha value is -3.44. The number of carbonyl (C=O) groups excluding carboxylic acids is 1. The highest BCUT2D eigenvalue weighted by atomic mass is 16.5. The highest BCUT2D eigenvalue weighted by Crippen LogP contribution is 2.39. The lowest BCUT2D eigenvalue weighted by atomic mass is 9.92. The van der Waals surface area contributed by atoms with Gasteiger partial charge in [0.1, 0.15) is 0 Å². The molecule has 1 aromatic carbocycles. The van der Waals surface area contributed by atoms with Gasteiger partial charge < -0.3 is 9.64 Å². The maximum absolute atomic E-state index is 12.9. The van der Waals surface area contributed by atoms with Crippen LogP contribution >= 0.6 is 0 Å². The Morgan fingerprint density at radius 2 is 2.08 bits per heavy atom. The summed E-state index contributed by atoms with van der Waals surface area (Å²) in [4.78, 5) is 22.4. The predicted molar refractivity (Wildman–Crippen MR) is 140 cm³/mol. The third kappa shape index (κ3) is 4.33. The van der Waals surface area contributed by atoms with Crippen LogP contribution in [-0.4, -0.2) is 64.5 Å². The third-order valence-corrected chi connectivity index (χ3v) is 7.49. The molecule has 2 aliphatic heterocycles. The molecule has 2 aliphatic rings. The lowest BCUT2D eigenvalue weighted by Gasteiger charge is -2.39. The van der Waals surface area contributed by atoms with Crippen LogP contribution in [0.2, 0.25) is 0 Å². The zero-order valence-corrected chi connectivity index (χ0v) is 21.6. The monoisotopic (exact) mass is 486 g/mol. The van der Waals surface area contributed by atoms with Gasteiger partial charge in [0.25, 0.3) is 0 Å². The number of pyridine rings is 1. The van der Waals surface area contributed by atoms with Crippen LogP contribution in [0.4, 0.5) is 5.69 Å². The van der Waals surface area contributed by atoms with Crippen LogP contribution < -0.4 is 4.90 Å². The number of piperidine rings is 1. The van der Waals surface area contributed by atoms with Gasteiger partial charge in [-0.2, -0.15) is 10.4 Å². The fourth-order valence-corrected chi connectivity index (χ4v) is 5.81. The number of benzene rings is 1. The van der Waals surface area contributed by atoms with Crippen LogP contribution in [-0.2, 0) is 4.74 Å². The van der Waals surface area contributed by atoms with Gasteiger partial charge in [-0.05, 0) is 68.8 Å².